The van der Waals surface area contributed by atoms with Crippen LogP contribution in [0.5, 0.6) is 0 Å². The van der Waals surface area contributed by atoms with Gasteiger partial charge in [0.15, 0.2) is 0 Å². The first-order chi connectivity index (χ1) is 11.3. The minimum Gasteiger partial charge on any atom is -0.339 e. The van der Waals surface area contributed by atoms with E-state index in [9.17, 15) is 4.79 Å². The molecule has 0 aliphatic carbocycles. The summed E-state index contributed by atoms with van der Waals surface area (Å²) >= 11 is 0. The van der Waals surface area contributed by atoms with E-state index >= 15 is 0 Å². The SMILES string of the molecule is Cl.O=C(c1ccccc1-n1cccn1)N1CCC2(CCNC2)CC1. The highest BCUT2D eigenvalue weighted by atomic mass is 35.5. The first-order valence-corrected chi connectivity index (χ1v) is 8.37. The molecular weight excluding hydrogens is 324 g/mol. The molecule has 1 aromatic carbocycles. The lowest BCUT2D eigenvalue weighted by Gasteiger charge is -2.39. The Hall–Kier alpha value is -1.85. The molecule has 0 radical (unpaired) electrons. The van der Waals surface area contributed by atoms with Crippen molar-refractivity contribution in [3.63, 3.8) is 0 Å². The van der Waals surface area contributed by atoms with E-state index in [2.05, 4.69) is 10.4 Å². The van der Waals surface area contributed by atoms with Crippen molar-refractivity contribution in [1.29, 1.82) is 0 Å². The molecular formula is C18H23ClN4O. The highest BCUT2D eigenvalue weighted by molar-refractivity contribution is 5.97. The number of rotatable bonds is 2. The molecule has 24 heavy (non-hydrogen) atoms. The number of carbonyl (C=O) groups is 1. The fraction of sp³-hybridized carbons (Fsp3) is 0.444. The Labute approximate surface area is 148 Å². The maximum absolute atomic E-state index is 13.0. The standard InChI is InChI=1S/C18H22N4O.ClH/c23-17(21-12-7-18(8-13-21)6-10-19-14-18)15-4-1-2-5-16(15)22-11-3-9-20-22;/h1-5,9,11,19H,6-8,10,12-14H2;1H. The number of nitrogens with zero attached hydrogens (tertiary/aromatic N) is 3. The van der Waals surface area contributed by atoms with E-state index in [1.165, 1.54) is 6.42 Å². The van der Waals surface area contributed by atoms with E-state index < -0.39 is 0 Å². The highest BCUT2D eigenvalue weighted by Crippen LogP contribution is 2.37. The van der Waals surface area contributed by atoms with Gasteiger partial charge in [-0.2, -0.15) is 5.10 Å². The molecule has 3 heterocycles. The maximum Gasteiger partial charge on any atom is 0.256 e. The lowest BCUT2D eigenvalue weighted by molar-refractivity contribution is 0.0607. The van der Waals surface area contributed by atoms with Gasteiger partial charge in [0.2, 0.25) is 0 Å². The largest absolute Gasteiger partial charge is 0.339 e. The van der Waals surface area contributed by atoms with Crippen LogP contribution in [0.15, 0.2) is 42.7 Å². The number of carbonyl (C=O) groups excluding carboxylic acids is 1. The van der Waals surface area contributed by atoms with E-state index in [1.54, 1.807) is 10.9 Å². The second kappa shape index (κ2) is 6.95. The van der Waals surface area contributed by atoms with Gasteiger partial charge in [0.05, 0.1) is 11.3 Å². The summed E-state index contributed by atoms with van der Waals surface area (Å²) in [6, 6.07) is 9.60. The van der Waals surface area contributed by atoms with Gasteiger partial charge in [0, 0.05) is 32.0 Å². The first kappa shape index (κ1) is 17.0. The molecule has 1 N–H and O–H groups in total. The van der Waals surface area contributed by atoms with Crippen LogP contribution in [0.2, 0.25) is 0 Å². The minimum atomic E-state index is 0. The summed E-state index contributed by atoms with van der Waals surface area (Å²) in [4.78, 5) is 15.0. The number of hydrogen-bond acceptors (Lipinski definition) is 3. The lowest BCUT2D eigenvalue weighted by Crippen LogP contribution is -2.44. The fourth-order valence-electron chi connectivity index (χ4n) is 3.84. The predicted molar refractivity (Wildman–Crippen MR) is 95.9 cm³/mol. The molecule has 1 aromatic heterocycles. The van der Waals surface area contributed by atoms with Crippen molar-refractivity contribution in [2.24, 2.45) is 5.41 Å². The summed E-state index contributed by atoms with van der Waals surface area (Å²) < 4.78 is 1.76. The van der Waals surface area contributed by atoms with Gasteiger partial charge in [0.25, 0.3) is 5.91 Å². The average Bonchev–Trinajstić information content (AvgIpc) is 3.27. The summed E-state index contributed by atoms with van der Waals surface area (Å²) in [5.74, 6) is 0.122. The van der Waals surface area contributed by atoms with Crippen LogP contribution in [-0.4, -0.2) is 46.8 Å². The topological polar surface area (TPSA) is 50.2 Å². The number of nitrogens with one attached hydrogen (secondary N) is 1. The van der Waals surface area contributed by atoms with Crippen LogP contribution < -0.4 is 5.32 Å². The summed E-state index contributed by atoms with van der Waals surface area (Å²) in [5, 5.41) is 7.74. The molecule has 2 aliphatic heterocycles. The molecule has 6 heteroatoms. The summed E-state index contributed by atoms with van der Waals surface area (Å²) in [7, 11) is 0. The maximum atomic E-state index is 13.0. The fourth-order valence-corrected chi connectivity index (χ4v) is 3.84. The Morgan fingerprint density at radius 1 is 1.12 bits per heavy atom. The van der Waals surface area contributed by atoms with Crippen molar-refractivity contribution in [3.8, 4) is 5.69 Å². The molecule has 0 saturated carbocycles. The highest BCUT2D eigenvalue weighted by Gasteiger charge is 2.38. The van der Waals surface area contributed by atoms with Gasteiger partial charge in [-0.25, -0.2) is 4.68 Å². The van der Waals surface area contributed by atoms with Gasteiger partial charge in [0.1, 0.15) is 0 Å². The zero-order chi connectivity index (χ0) is 15.7. The Kier molecular flexibility index (Phi) is 4.92. The van der Waals surface area contributed by atoms with Crippen molar-refractivity contribution in [1.82, 2.24) is 20.0 Å². The van der Waals surface area contributed by atoms with E-state index in [0.717, 1.165) is 50.3 Å². The van der Waals surface area contributed by atoms with Crippen LogP contribution in [0.25, 0.3) is 5.69 Å². The Morgan fingerprint density at radius 3 is 2.58 bits per heavy atom. The van der Waals surface area contributed by atoms with Gasteiger partial charge in [-0.05, 0) is 49.4 Å². The van der Waals surface area contributed by atoms with Crippen molar-refractivity contribution < 1.29 is 4.79 Å². The van der Waals surface area contributed by atoms with Gasteiger partial charge in [-0.3, -0.25) is 4.79 Å². The molecule has 2 aromatic rings. The van der Waals surface area contributed by atoms with Crippen molar-refractivity contribution in [2.45, 2.75) is 19.3 Å². The van der Waals surface area contributed by atoms with Crippen molar-refractivity contribution >= 4 is 18.3 Å². The Balaban J connectivity index is 0.00000169. The van der Waals surface area contributed by atoms with Gasteiger partial charge >= 0.3 is 0 Å². The molecule has 0 atom stereocenters. The number of benzene rings is 1. The summed E-state index contributed by atoms with van der Waals surface area (Å²) in [6.45, 7) is 3.94. The van der Waals surface area contributed by atoms with Crippen molar-refractivity contribution in [3.05, 3.63) is 48.3 Å². The molecule has 128 valence electrons. The summed E-state index contributed by atoms with van der Waals surface area (Å²) in [6.07, 6.45) is 7.07. The molecule has 2 fully saturated rings. The minimum absolute atomic E-state index is 0. The first-order valence-electron chi connectivity index (χ1n) is 8.37. The number of piperidine rings is 1. The smallest absolute Gasteiger partial charge is 0.256 e. The van der Waals surface area contributed by atoms with E-state index in [-0.39, 0.29) is 18.3 Å². The van der Waals surface area contributed by atoms with Crippen LogP contribution in [0.1, 0.15) is 29.6 Å². The van der Waals surface area contributed by atoms with Gasteiger partial charge < -0.3 is 10.2 Å². The van der Waals surface area contributed by atoms with Crippen molar-refractivity contribution in [2.75, 3.05) is 26.2 Å². The lowest BCUT2D eigenvalue weighted by atomic mass is 9.78. The normalized spacial score (nSPS) is 19.2. The average molecular weight is 347 g/mol. The van der Waals surface area contributed by atoms with Crippen LogP contribution in [-0.2, 0) is 0 Å². The third-order valence-electron chi connectivity index (χ3n) is 5.33. The van der Waals surface area contributed by atoms with Crippen LogP contribution in [0.4, 0.5) is 0 Å². The molecule has 0 bridgehead atoms. The van der Waals surface area contributed by atoms with Crippen LogP contribution in [0, 0.1) is 5.41 Å². The zero-order valence-corrected chi connectivity index (χ0v) is 14.5. The molecule has 1 spiro atoms. The second-order valence-electron chi connectivity index (χ2n) is 6.69. The van der Waals surface area contributed by atoms with E-state index in [0.29, 0.717) is 5.41 Å². The third kappa shape index (κ3) is 3.06. The van der Waals surface area contributed by atoms with Crippen LogP contribution >= 0.6 is 12.4 Å². The van der Waals surface area contributed by atoms with Gasteiger partial charge in [-0.15, -0.1) is 12.4 Å². The van der Waals surface area contributed by atoms with E-state index in [4.69, 9.17) is 0 Å². The predicted octanol–water partition coefficient (Wildman–Crippen LogP) is 2.51. The summed E-state index contributed by atoms with van der Waals surface area (Å²) in [5.41, 5.74) is 2.01. The molecule has 2 aliphatic rings. The number of hydrogen-bond donors (Lipinski definition) is 1. The molecule has 4 rings (SSSR count). The number of amides is 1. The molecule has 2 saturated heterocycles. The number of likely N-dealkylation sites (tertiary alicyclic amines) is 1. The molecule has 1 amide bonds. The molecule has 0 unspecified atom stereocenters. The number of halogens is 1. The Morgan fingerprint density at radius 2 is 1.92 bits per heavy atom. The second-order valence-corrected chi connectivity index (χ2v) is 6.69. The number of para-hydroxylation sites is 1. The molecule has 5 nitrogen and oxygen atoms in total. The van der Waals surface area contributed by atoms with Gasteiger partial charge in [-0.1, -0.05) is 12.1 Å². The van der Waals surface area contributed by atoms with Crippen LogP contribution in [0.3, 0.4) is 0 Å². The number of aromatic nitrogens is 2. The third-order valence-corrected chi connectivity index (χ3v) is 5.33. The Bertz CT molecular complexity index is 685. The quantitative estimate of drug-likeness (QED) is 0.909. The monoisotopic (exact) mass is 346 g/mol. The zero-order valence-electron chi connectivity index (χ0n) is 13.6. The van der Waals surface area contributed by atoms with E-state index in [1.807, 2.05) is 41.4 Å².